The highest BCUT2D eigenvalue weighted by atomic mass is 32.2. The maximum Gasteiger partial charge on any atom is 0.278 e. The van der Waals surface area contributed by atoms with E-state index < -0.39 is 0 Å². The molecule has 2 aromatic carbocycles. The zero-order valence-electron chi connectivity index (χ0n) is 16.9. The minimum Gasteiger partial charge on any atom is -0.325 e. The van der Waals surface area contributed by atoms with Crippen molar-refractivity contribution in [3.05, 3.63) is 75.8 Å². The lowest BCUT2D eigenvalue weighted by atomic mass is 10.1. The summed E-state index contributed by atoms with van der Waals surface area (Å²) in [4.78, 5) is 36.0. The second kappa shape index (κ2) is 8.16. The fourth-order valence-corrected chi connectivity index (χ4v) is 3.86. The van der Waals surface area contributed by atoms with Crippen LogP contribution >= 0.6 is 11.8 Å². The molecule has 7 nitrogen and oxygen atoms in total. The monoisotopic (exact) mass is 419 g/mol. The number of amides is 1. The number of carbonyl (C=O) groups excluding carboxylic acids is 1. The van der Waals surface area contributed by atoms with Crippen molar-refractivity contribution in [2.75, 3.05) is 11.1 Å². The maximum atomic E-state index is 12.5. The van der Waals surface area contributed by atoms with Gasteiger partial charge in [-0.05, 0) is 56.2 Å². The minimum absolute atomic E-state index is 0.146. The van der Waals surface area contributed by atoms with Crippen LogP contribution in [0.3, 0.4) is 0 Å². The van der Waals surface area contributed by atoms with E-state index in [0.29, 0.717) is 10.8 Å². The van der Waals surface area contributed by atoms with E-state index in [9.17, 15) is 9.59 Å². The van der Waals surface area contributed by atoms with Crippen LogP contribution in [0.2, 0.25) is 0 Å². The van der Waals surface area contributed by atoms with Gasteiger partial charge >= 0.3 is 0 Å². The first-order valence-corrected chi connectivity index (χ1v) is 10.4. The van der Waals surface area contributed by atoms with Gasteiger partial charge in [-0.25, -0.2) is 9.97 Å². The van der Waals surface area contributed by atoms with Gasteiger partial charge in [0.05, 0.1) is 12.1 Å². The third-order valence-corrected chi connectivity index (χ3v) is 5.77. The molecule has 0 spiro atoms. The van der Waals surface area contributed by atoms with Crippen LogP contribution < -0.4 is 10.9 Å². The summed E-state index contributed by atoms with van der Waals surface area (Å²) in [6, 6.07) is 13.7. The third-order valence-electron chi connectivity index (χ3n) is 4.84. The Morgan fingerprint density at radius 2 is 1.87 bits per heavy atom. The molecule has 0 fully saturated rings. The zero-order valence-corrected chi connectivity index (χ0v) is 17.7. The Hall–Kier alpha value is -3.39. The van der Waals surface area contributed by atoms with E-state index in [1.165, 1.54) is 23.7 Å². The van der Waals surface area contributed by atoms with Crippen LogP contribution in [-0.4, -0.2) is 31.2 Å². The Labute approximate surface area is 177 Å². The van der Waals surface area contributed by atoms with Gasteiger partial charge in [0.1, 0.15) is 0 Å². The molecule has 2 heterocycles. The van der Waals surface area contributed by atoms with E-state index in [4.69, 9.17) is 0 Å². The Kier molecular flexibility index (Phi) is 5.41. The number of H-pyrrole nitrogens is 1. The number of hydrogen-bond donors (Lipinski definition) is 2. The lowest BCUT2D eigenvalue weighted by Gasteiger charge is -2.10. The number of rotatable bonds is 5. The Morgan fingerprint density at radius 1 is 1.10 bits per heavy atom. The van der Waals surface area contributed by atoms with Crippen molar-refractivity contribution in [3.63, 3.8) is 0 Å². The van der Waals surface area contributed by atoms with Gasteiger partial charge in [0.15, 0.2) is 16.3 Å². The number of thioether (sulfide) groups is 1. The molecule has 0 radical (unpaired) electrons. The number of nitrogens with one attached hydrogen (secondary N) is 2. The van der Waals surface area contributed by atoms with E-state index in [2.05, 4.69) is 20.3 Å². The highest BCUT2D eigenvalue weighted by Gasteiger charge is 2.17. The van der Waals surface area contributed by atoms with E-state index in [1.54, 1.807) is 4.57 Å². The van der Waals surface area contributed by atoms with E-state index in [1.807, 2.05) is 63.2 Å². The van der Waals surface area contributed by atoms with Crippen LogP contribution in [0.1, 0.15) is 16.7 Å². The Balaban J connectivity index is 1.62. The molecule has 4 rings (SSSR count). The number of aromatic nitrogens is 4. The van der Waals surface area contributed by atoms with Crippen LogP contribution in [0.25, 0.3) is 16.9 Å². The predicted molar refractivity (Wildman–Crippen MR) is 119 cm³/mol. The first kappa shape index (κ1) is 19.9. The summed E-state index contributed by atoms with van der Waals surface area (Å²) in [5, 5.41) is 3.45. The summed E-state index contributed by atoms with van der Waals surface area (Å²) in [7, 11) is 0. The zero-order chi connectivity index (χ0) is 21.3. The van der Waals surface area contributed by atoms with Gasteiger partial charge in [-0.3, -0.25) is 14.2 Å². The standard InChI is InChI=1S/C22H21N5O2S/c1-13-4-8-17(9-5-13)27-20-19(21(29)24-12-23-20)26-22(27)30-11-18(28)25-16-7-6-14(2)15(3)10-16/h4-10,12H,11H2,1-3H3,(H,25,28)(H,23,24,29). The number of aryl methyl sites for hydroxylation is 3. The molecule has 1 amide bonds. The summed E-state index contributed by atoms with van der Waals surface area (Å²) in [6.07, 6.45) is 1.36. The Morgan fingerprint density at radius 3 is 2.60 bits per heavy atom. The molecule has 0 saturated heterocycles. The first-order valence-electron chi connectivity index (χ1n) is 9.45. The lowest BCUT2D eigenvalue weighted by molar-refractivity contribution is -0.113. The average molecular weight is 420 g/mol. The van der Waals surface area contributed by atoms with Gasteiger partial charge < -0.3 is 10.3 Å². The van der Waals surface area contributed by atoms with Crippen LogP contribution in [-0.2, 0) is 4.79 Å². The number of nitrogens with zero attached hydrogens (tertiary/aromatic N) is 3. The van der Waals surface area contributed by atoms with Crippen molar-refractivity contribution >= 4 is 34.5 Å². The summed E-state index contributed by atoms with van der Waals surface area (Å²) in [5.74, 6) is 0.00708. The molecule has 0 saturated carbocycles. The summed E-state index contributed by atoms with van der Waals surface area (Å²) in [6.45, 7) is 6.04. The van der Waals surface area contributed by atoms with Crippen molar-refractivity contribution in [2.24, 2.45) is 0 Å². The van der Waals surface area contributed by atoms with Crippen molar-refractivity contribution in [2.45, 2.75) is 25.9 Å². The highest BCUT2D eigenvalue weighted by Crippen LogP contribution is 2.26. The fourth-order valence-electron chi connectivity index (χ4n) is 3.05. The number of benzene rings is 2. The quantitative estimate of drug-likeness (QED) is 0.481. The molecule has 0 unspecified atom stereocenters. The second-order valence-electron chi connectivity index (χ2n) is 7.11. The topological polar surface area (TPSA) is 92.7 Å². The van der Waals surface area contributed by atoms with Gasteiger partial charge in [0.25, 0.3) is 5.56 Å². The van der Waals surface area contributed by atoms with E-state index in [0.717, 1.165) is 22.5 Å². The molecular formula is C22H21N5O2S. The number of imidazole rings is 1. The highest BCUT2D eigenvalue weighted by molar-refractivity contribution is 7.99. The van der Waals surface area contributed by atoms with Gasteiger partial charge in [-0.2, -0.15) is 0 Å². The number of hydrogen-bond acceptors (Lipinski definition) is 5. The molecule has 152 valence electrons. The van der Waals surface area contributed by atoms with E-state index >= 15 is 0 Å². The molecule has 0 atom stereocenters. The molecule has 2 N–H and O–H groups in total. The summed E-state index contributed by atoms with van der Waals surface area (Å²) in [5.41, 5.74) is 5.39. The molecule has 0 aliphatic rings. The fraction of sp³-hybridized carbons (Fsp3) is 0.182. The number of aromatic amines is 1. The summed E-state index contributed by atoms with van der Waals surface area (Å²) < 4.78 is 1.80. The number of anilines is 1. The van der Waals surface area contributed by atoms with E-state index in [-0.39, 0.29) is 22.7 Å². The molecular weight excluding hydrogens is 398 g/mol. The molecule has 0 aliphatic heterocycles. The molecule has 8 heteroatoms. The van der Waals surface area contributed by atoms with Crippen molar-refractivity contribution in [1.29, 1.82) is 0 Å². The molecule has 0 aliphatic carbocycles. The van der Waals surface area contributed by atoms with Gasteiger partial charge in [0, 0.05) is 11.4 Å². The Bertz CT molecular complexity index is 1290. The molecule has 2 aromatic heterocycles. The number of fused-ring (bicyclic) bond motifs is 1. The largest absolute Gasteiger partial charge is 0.325 e. The average Bonchev–Trinajstić information content (AvgIpc) is 3.10. The maximum absolute atomic E-state index is 12.5. The normalized spacial score (nSPS) is 11.0. The number of carbonyl (C=O) groups is 1. The van der Waals surface area contributed by atoms with Crippen LogP contribution in [0, 0.1) is 20.8 Å². The smallest absolute Gasteiger partial charge is 0.278 e. The second-order valence-corrected chi connectivity index (χ2v) is 8.05. The van der Waals surface area contributed by atoms with Crippen LogP contribution in [0.5, 0.6) is 0 Å². The SMILES string of the molecule is Cc1ccc(-n2c(SCC(=O)Nc3ccc(C)c(C)c3)nc3c(=O)[nH]cnc32)cc1. The first-order chi connectivity index (χ1) is 14.4. The van der Waals surface area contributed by atoms with Gasteiger partial charge in [-0.15, -0.1) is 0 Å². The van der Waals surface area contributed by atoms with Gasteiger partial charge in [-0.1, -0.05) is 35.5 Å². The lowest BCUT2D eigenvalue weighted by Crippen LogP contribution is -2.14. The predicted octanol–water partition coefficient (Wildman–Crippen LogP) is 3.76. The van der Waals surface area contributed by atoms with Gasteiger partial charge in [0.2, 0.25) is 5.91 Å². The van der Waals surface area contributed by atoms with Crippen LogP contribution in [0.15, 0.2) is 58.7 Å². The molecule has 4 aromatic rings. The summed E-state index contributed by atoms with van der Waals surface area (Å²) >= 11 is 1.26. The third kappa shape index (κ3) is 3.99. The van der Waals surface area contributed by atoms with Crippen molar-refractivity contribution < 1.29 is 4.79 Å². The molecule has 30 heavy (non-hydrogen) atoms. The minimum atomic E-state index is -0.313. The van der Waals surface area contributed by atoms with Crippen molar-refractivity contribution in [1.82, 2.24) is 19.5 Å². The van der Waals surface area contributed by atoms with Crippen molar-refractivity contribution in [3.8, 4) is 5.69 Å². The molecule has 0 bridgehead atoms. The van der Waals surface area contributed by atoms with Crippen LogP contribution in [0.4, 0.5) is 5.69 Å².